The highest BCUT2D eigenvalue weighted by atomic mass is 19.1. The van der Waals surface area contributed by atoms with Crippen molar-refractivity contribution in [3.63, 3.8) is 0 Å². The molecule has 0 fully saturated rings. The Labute approximate surface area is 185 Å². The number of aromatic nitrogens is 2. The van der Waals surface area contributed by atoms with Gasteiger partial charge in [-0.05, 0) is 47.5 Å². The van der Waals surface area contributed by atoms with Crippen molar-refractivity contribution in [1.29, 1.82) is 0 Å². The number of aromatic amines is 1. The second-order valence-electron chi connectivity index (χ2n) is 7.94. The molecule has 0 saturated heterocycles. The van der Waals surface area contributed by atoms with Crippen molar-refractivity contribution in [1.82, 2.24) is 20.6 Å². The molecule has 2 aromatic heterocycles. The van der Waals surface area contributed by atoms with Crippen molar-refractivity contribution in [3.8, 4) is 22.5 Å². The highest BCUT2D eigenvalue weighted by molar-refractivity contribution is 5.97. The van der Waals surface area contributed by atoms with Crippen molar-refractivity contribution in [2.75, 3.05) is 6.54 Å². The van der Waals surface area contributed by atoms with Crippen LogP contribution in [0.5, 0.6) is 0 Å². The van der Waals surface area contributed by atoms with Gasteiger partial charge in [0.05, 0.1) is 11.3 Å². The fraction of sp³-hybridized carbons (Fsp3) is 0.154. The molecule has 0 radical (unpaired) electrons. The van der Waals surface area contributed by atoms with Crippen LogP contribution in [-0.4, -0.2) is 22.4 Å². The van der Waals surface area contributed by atoms with Gasteiger partial charge in [-0.25, -0.2) is 4.39 Å². The third-order valence-corrected chi connectivity index (χ3v) is 5.65. The average molecular weight is 426 g/mol. The summed E-state index contributed by atoms with van der Waals surface area (Å²) < 4.78 is 13.3. The van der Waals surface area contributed by atoms with Gasteiger partial charge in [0.15, 0.2) is 0 Å². The molecule has 1 aliphatic rings. The SMILES string of the molecule is O=C1NCCc2[nH]c(-c3ccnc(-c4cccc(CNCc5cccc(F)c5)c4)c3)cc21. The fourth-order valence-electron chi connectivity index (χ4n) is 4.04. The van der Waals surface area contributed by atoms with Gasteiger partial charge in [0, 0.05) is 54.8 Å². The highest BCUT2D eigenvalue weighted by Crippen LogP contribution is 2.27. The number of carbonyl (C=O) groups excluding carboxylic acids is 1. The molecule has 1 amide bonds. The largest absolute Gasteiger partial charge is 0.358 e. The van der Waals surface area contributed by atoms with Crippen LogP contribution >= 0.6 is 0 Å². The summed E-state index contributed by atoms with van der Waals surface area (Å²) in [4.78, 5) is 20.0. The van der Waals surface area contributed by atoms with Gasteiger partial charge >= 0.3 is 0 Å². The quantitative estimate of drug-likeness (QED) is 0.426. The van der Waals surface area contributed by atoms with Crippen molar-refractivity contribution in [2.45, 2.75) is 19.5 Å². The normalized spacial score (nSPS) is 13.0. The number of rotatable bonds is 6. The Morgan fingerprint density at radius 3 is 2.56 bits per heavy atom. The number of halogens is 1. The Kier molecular flexibility index (Phi) is 5.52. The number of fused-ring (bicyclic) bond motifs is 1. The van der Waals surface area contributed by atoms with Crippen LogP contribution in [0.25, 0.3) is 22.5 Å². The van der Waals surface area contributed by atoms with E-state index in [-0.39, 0.29) is 11.7 Å². The molecule has 1 aliphatic heterocycles. The molecule has 0 bridgehead atoms. The summed E-state index contributed by atoms with van der Waals surface area (Å²) in [6.07, 6.45) is 2.60. The van der Waals surface area contributed by atoms with Crippen LogP contribution < -0.4 is 10.6 Å². The molecule has 3 heterocycles. The van der Waals surface area contributed by atoms with E-state index in [0.717, 1.165) is 51.3 Å². The molecule has 5 rings (SSSR count). The summed E-state index contributed by atoms with van der Waals surface area (Å²) in [5.41, 5.74) is 7.54. The number of hydrogen-bond donors (Lipinski definition) is 3. The first-order valence-corrected chi connectivity index (χ1v) is 10.7. The Bertz CT molecular complexity index is 1280. The molecule has 0 spiro atoms. The molecule has 4 aromatic rings. The zero-order chi connectivity index (χ0) is 21.9. The van der Waals surface area contributed by atoms with Gasteiger partial charge in [-0.1, -0.05) is 30.3 Å². The smallest absolute Gasteiger partial charge is 0.253 e. The lowest BCUT2D eigenvalue weighted by Crippen LogP contribution is -2.31. The van der Waals surface area contributed by atoms with E-state index >= 15 is 0 Å². The number of pyridine rings is 1. The van der Waals surface area contributed by atoms with Crippen LogP contribution in [0.2, 0.25) is 0 Å². The minimum absolute atomic E-state index is 0.0264. The van der Waals surface area contributed by atoms with Gasteiger partial charge in [0.1, 0.15) is 5.82 Å². The molecule has 2 aromatic carbocycles. The Morgan fingerprint density at radius 2 is 1.75 bits per heavy atom. The predicted molar refractivity (Wildman–Crippen MR) is 122 cm³/mol. The van der Waals surface area contributed by atoms with E-state index in [0.29, 0.717) is 19.6 Å². The molecule has 0 saturated carbocycles. The molecule has 0 aliphatic carbocycles. The van der Waals surface area contributed by atoms with Crippen LogP contribution in [0.15, 0.2) is 72.9 Å². The van der Waals surface area contributed by atoms with Gasteiger partial charge in [-0.2, -0.15) is 0 Å². The van der Waals surface area contributed by atoms with Gasteiger partial charge in [-0.15, -0.1) is 0 Å². The number of nitrogens with one attached hydrogen (secondary N) is 3. The lowest BCUT2D eigenvalue weighted by molar-refractivity contribution is 0.0946. The highest BCUT2D eigenvalue weighted by Gasteiger charge is 2.20. The molecular weight excluding hydrogens is 403 g/mol. The monoisotopic (exact) mass is 426 g/mol. The first-order chi connectivity index (χ1) is 15.7. The minimum atomic E-state index is -0.221. The molecule has 3 N–H and O–H groups in total. The van der Waals surface area contributed by atoms with Gasteiger partial charge in [0.25, 0.3) is 5.91 Å². The number of H-pyrrole nitrogens is 1. The van der Waals surface area contributed by atoms with Crippen molar-refractivity contribution >= 4 is 5.91 Å². The fourth-order valence-corrected chi connectivity index (χ4v) is 4.04. The predicted octanol–water partition coefficient (Wildman–Crippen LogP) is 4.46. The summed E-state index contributed by atoms with van der Waals surface area (Å²) >= 11 is 0. The molecule has 32 heavy (non-hydrogen) atoms. The molecular formula is C26H23FN4O. The average Bonchev–Trinajstić information content (AvgIpc) is 3.26. The molecule has 0 atom stereocenters. The van der Waals surface area contributed by atoms with E-state index < -0.39 is 0 Å². The first kappa shape index (κ1) is 20.2. The van der Waals surface area contributed by atoms with E-state index in [1.807, 2.05) is 36.4 Å². The van der Waals surface area contributed by atoms with Gasteiger partial charge in [-0.3, -0.25) is 9.78 Å². The van der Waals surface area contributed by atoms with Crippen LogP contribution in [0, 0.1) is 5.82 Å². The van der Waals surface area contributed by atoms with Gasteiger partial charge in [0.2, 0.25) is 0 Å². The maximum absolute atomic E-state index is 13.3. The van der Waals surface area contributed by atoms with Crippen molar-refractivity contribution in [2.24, 2.45) is 0 Å². The Hall–Kier alpha value is -3.77. The van der Waals surface area contributed by atoms with Crippen molar-refractivity contribution in [3.05, 3.63) is 101 Å². The summed E-state index contributed by atoms with van der Waals surface area (Å²) in [5.74, 6) is -0.248. The third kappa shape index (κ3) is 4.31. The van der Waals surface area contributed by atoms with E-state index in [1.165, 1.54) is 6.07 Å². The first-order valence-electron chi connectivity index (χ1n) is 10.7. The molecule has 160 valence electrons. The maximum Gasteiger partial charge on any atom is 0.253 e. The lowest BCUT2D eigenvalue weighted by Gasteiger charge is -2.11. The van der Waals surface area contributed by atoms with E-state index in [9.17, 15) is 9.18 Å². The number of carbonyl (C=O) groups is 1. The van der Waals surface area contributed by atoms with Crippen LogP contribution in [0.3, 0.4) is 0 Å². The summed E-state index contributed by atoms with van der Waals surface area (Å²) in [7, 11) is 0. The molecule has 5 nitrogen and oxygen atoms in total. The van der Waals surface area contributed by atoms with Crippen molar-refractivity contribution < 1.29 is 9.18 Å². The number of amides is 1. The number of nitrogens with zero attached hydrogens (tertiary/aromatic N) is 1. The van der Waals surface area contributed by atoms with E-state index in [2.05, 4.69) is 32.7 Å². The minimum Gasteiger partial charge on any atom is -0.358 e. The van der Waals surface area contributed by atoms with Gasteiger partial charge < -0.3 is 15.6 Å². The summed E-state index contributed by atoms with van der Waals surface area (Å²) in [6.45, 7) is 1.93. The number of benzene rings is 2. The molecule has 6 heteroatoms. The Morgan fingerprint density at radius 1 is 0.938 bits per heavy atom. The lowest BCUT2D eigenvalue weighted by atomic mass is 10.0. The molecule has 0 unspecified atom stereocenters. The zero-order valence-corrected chi connectivity index (χ0v) is 17.5. The second-order valence-corrected chi connectivity index (χ2v) is 7.94. The van der Waals surface area contributed by atoms with E-state index in [1.54, 1.807) is 18.3 Å². The standard InChI is InChI=1S/C26H23FN4O/c27-21-6-2-4-18(12-21)16-28-15-17-3-1-5-19(11-17)24-13-20(7-9-29-24)25-14-22-23(31-25)8-10-30-26(22)32/h1-7,9,11-14,28,31H,8,10,15-16H2,(H,30,32). The van der Waals surface area contributed by atoms with Crippen LogP contribution in [0.4, 0.5) is 4.39 Å². The summed E-state index contributed by atoms with van der Waals surface area (Å²) in [5, 5.41) is 6.24. The topological polar surface area (TPSA) is 69.8 Å². The number of hydrogen-bond acceptors (Lipinski definition) is 3. The van der Waals surface area contributed by atoms with Crippen LogP contribution in [-0.2, 0) is 19.5 Å². The maximum atomic E-state index is 13.3. The second kappa shape index (κ2) is 8.77. The van der Waals surface area contributed by atoms with E-state index in [4.69, 9.17) is 0 Å². The third-order valence-electron chi connectivity index (χ3n) is 5.65. The van der Waals surface area contributed by atoms with Crippen LogP contribution in [0.1, 0.15) is 27.2 Å². The summed E-state index contributed by atoms with van der Waals surface area (Å²) in [6, 6.07) is 20.7. The Balaban J connectivity index is 1.33. The zero-order valence-electron chi connectivity index (χ0n) is 17.5.